The molecule has 0 spiro atoms. The van der Waals surface area contributed by atoms with E-state index in [-0.39, 0.29) is 22.6 Å². The molecule has 0 radical (unpaired) electrons. The molecule has 71 heavy (non-hydrogen) atoms. The van der Waals surface area contributed by atoms with E-state index in [1.165, 1.54) is 4.90 Å². The maximum atomic E-state index is 13.7. The normalized spacial score (nSPS) is 15.4. The number of piperidine rings is 1. The molecule has 0 saturated carbocycles. The van der Waals surface area contributed by atoms with Crippen LogP contribution in [0.15, 0.2) is 131 Å². The molecule has 6 aromatic rings. The summed E-state index contributed by atoms with van der Waals surface area (Å²) in [5, 5.41) is 14.3. The van der Waals surface area contributed by atoms with Gasteiger partial charge < -0.3 is 44.2 Å². The highest BCUT2D eigenvalue weighted by Gasteiger charge is 2.30. The summed E-state index contributed by atoms with van der Waals surface area (Å²) in [4.78, 5) is 41.1. The van der Waals surface area contributed by atoms with Gasteiger partial charge in [0.2, 0.25) is 0 Å². The van der Waals surface area contributed by atoms with Crippen LogP contribution in [0.25, 0.3) is 22.4 Å². The number of esters is 1. The van der Waals surface area contributed by atoms with Crippen molar-refractivity contribution in [3.63, 3.8) is 0 Å². The predicted molar refractivity (Wildman–Crippen MR) is 287 cm³/mol. The van der Waals surface area contributed by atoms with E-state index in [1.54, 1.807) is 55.1 Å². The first-order valence-corrected chi connectivity index (χ1v) is 28.6. The van der Waals surface area contributed by atoms with Crippen LogP contribution in [0.2, 0.25) is 5.02 Å². The number of rotatable bonds is 19. The molecule has 0 unspecified atom stereocenters. The molecule has 5 N–H and O–H groups in total. The zero-order valence-electron chi connectivity index (χ0n) is 40.2. The number of hydrogen-bond acceptors (Lipinski definition) is 11. The number of sulfonamides is 1. The van der Waals surface area contributed by atoms with Crippen molar-refractivity contribution in [2.75, 3.05) is 77.8 Å². The third kappa shape index (κ3) is 13.2. The van der Waals surface area contributed by atoms with Gasteiger partial charge in [0.15, 0.2) is 6.35 Å². The summed E-state index contributed by atoms with van der Waals surface area (Å²) in [5.41, 5.74) is 7.88. The molecule has 3 heterocycles. The number of thioether (sulfide) groups is 1. The van der Waals surface area contributed by atoms with Crippen molar-refractivity contribution >= 4 is 69.7 Å². The smallest absolute Gasteiger partial charge is 0.362 e. The molecule has 2 aliphatic rings. The molecule has 18 heteroatoms. The number of piperazine rings is 1. The van der Waals surface area contributed by atoms with Crippen molar-refractivity contribution in [2.24, 2.45) is 0 Å². The second-order valence-electron chi connectivity index (χ2n) is 18.1. The van der Waals surface area contributed by atoms with Crippen LogP contribution in [0.3, 0.4) is 0 Å². The van der Waals surface area contributed by atoms with Gasteiger partial charge in [-0.05, 0) is 136 Å². The number of likely N-dealkylation sites (tertiary alicyclic amines) is 1. The number of nitrogens with zero attached hydrogens (tertiary/aromatic N) is 4. The Hall–Kier alpha value is -5.29. The molecule has 376 valence electrons. The summed E-state index contributed by atoms with van der Waals surface area (Å²) in [5.74, 6) is 0.0262. The number of carbonyl (C=O) groups is 1. The number of aromatic nitrogens is 1. The Morgan fingerprint density at radius 1 is 0.831 bits per heavy atom. The monoisotopic (exact) mass is 1040 g/mol. The van der Waals surface area contributed by atoms with Crippen LogP contribution >= 0.6 is 31.0 Å². The quantitative estimate of drug-likeness (QED) is 0.0295. The average molecular weight is 1040 g/mol. The summed E-state index contributed by atoms with van der Waals surface area (Å²) in [6.45, 7) is 11.7. The Morgan fingerprint density at radius 3 is 2.15 bits per heavy atom. The maximum Gasteiger partial charge on any atom is 0.362 e. The summed E-state index contributed by atoms with van der Waals surface area (Å²) >= 11 is 8.07. The fraction of sp³-hybridized carbons (Fsp3) is 0.340. The number of aryl methyl sites for hydroxylation is 1. The molecule has 1 aromatic heterocycles. The molecule has 2 aliphatic heterocycles. The lowest BCUT2D eigenvalue weighted by atomic mass is 9.96. The minimum absolute atomic E-state index is 0.142. The summed E-state index contributed by atoms with van der Waals surface area (Å²) in [7, 11) is -8.51. The summed E-state index contributed by atoms with van der Waals surface area (Å²) in [6.07, 6.45) is 1.26. The van der Waals surface area contributed by atoms with Gasteiger partial charge in [-0.25, -0.2) is 13.2 Å². The van der Waals surface area contributed by atoms with Crippen LogP contribution in [0.4, 0.5) is 22.7 Å². The molecule has 0 amide bonds. The first-order valence-electron chi connectivity index (χ1n) is 23.9. The van der Waals surface area contributed by atoms with Crippen molar-refractivity contribution < 1.29 is 37.4 Å². The van der Waals surface area contributed by atoms with Crippen LogP contribution in [-0.4, -0.2) is 109 Å². The van der Waals surface area contributed by atoms with Crippen molar-refractivity contribution in [2.45, 2.75) is 68.5 Å². The van der Waals surface area contributed by atoms with Crippen LogP contribution in [0.1, 0.15) is 47.8 Å². The van der Waals surface area contributed by atoms with Crippen LogP contribution in [-0.2, 0) is 25.9 Å². The van der Waals surface area contributed by atoms with E-state index >= 15 is 0 Å². The minimum Gasteiger partial charge on any atom is -0.449 e. The first-order chi connectivity index (χ1) is 34.0. The zero-order chi connectivity index (χ0) is 50.3. The van der Waals surface area contributed by atoms with E-state index in [9.17, 15) is 32.7 Å². The highest BCUT2D eigenvalue weighted by atomic mass is 35.5. The Morgan fingerprint density at radius 2 is 1.51 bits per heavy atom. The second kappa shape index (κ2) is 23.1. The average Bonchev–Trinajstić information content (AvgIpc) is 3.67. The molecule has 0 bridgehead atoms. The molecule has 2 fully saturated rings. The standard InChI is InChI=1S/C53H62ClN6O8PS2/c1-4-60-38(3)50(53(62)68-36-69(63,64)65)51(52(60)39-13-15-41(54)16-14-39)40-9-8-10-45(34-40)59-31-29-58(30-32-59)44-19-17-42(18-20-44)56-71(66,67)48-21-22-49(37(2)33-48)55-43(35-70-47-11-6-5-7-12-47)23-26-57-27-24-46(61)25-28-57/h5-22,33-34,43,46,55-56,61H,4,23-32,35-36H2,1-3H3,(H2,63,64,65)/t43-/m1/s1. The molecule has 1 atom stereocenters. The highest BCUT2D eigenvalue weighted by Crippen LogP contribution is 2.42. The van der Waals surface area contributed by atoms with E-state index in [0.717, 1.165) is 84.1 Å². The summed E-state index contributed by atoms with van der Waals surface area (Å²) < 4.78 is 49.2. The molecule has 5 aromatic carbocycles. The number of aliphatic hydroxyl groups excluding tert-OH is 1. The predicted octanol–water partition coefficient (Wildman–Crippen LogP) is 9.95. The van der Waals surface area contributed by atoms with Gasteiger partial charge in [0, 0.05) is 108 Å². The van der Waals surface area contributed by atoms with Gasteiger partial charge in [-0.3, -0.25) is 9.29 Å². The van der Waals surface area contributed by atoms with Gasteiger partial charge in [0.05, 0.1) is 22.3 Å². The van der Waals surface area contributed by atoms with Crippen molar-refractivity contribution in [3.05, 3.63) is 143 Å². The fourth-order valence-electron chi connectivity index (χ4n) is 9.40. The van der Waals surface area contributed by atoms with E-state index in [1.807, 2.05) is 91.2 Å². The van der Waals surface area contributed by atoms with Crippen LogP contribution in [0.5, 0.6) is 0 Å². The number of hydrogen-bond donors (Lipinski definition) is 5. The van der Waals surface area contributed by atoms with Gasteiger partial charge in [-0.1, -0.05) is 54.1 Å². The zero-order valence-corrected chi connectivity index (χ0v) is 43.5. The molecule has 14 nitrogen and oxygen atoms in total. The number of anilines is 4. The molecule has 8 rings (SSSR count). The van der Waals surface area contributed by atoms with Gasteiger partial charge >= 0.3 is 13.6 Å². The first kappa shape index (κ1) is 52.0. The van der Waals surface area contributed by atoms with Crippen LogP contribution in [0, 0.1) is 13.8 Å². The largest absolute Gasteiger partial charge is 0.449 e. The SMILES string of the molecule is CCn1c(C)c(C(=O)OCP(=O)(O)O)c(-c2cccc(N3CCN(c4ccc(NS(=O)(=O)c5ccc(N[C@H](CCN6CCC(O)CC6)CSc6ccccc6)c(C)c5)cc4)CC3)c2)c1-c1ccc(Cl)cc1. The topological polar surface area (TPSA) is 177 Å². The fourth-order valence-corrected chi connectivity index (χ4v) is 11.9. The van der Waals surface area contributed by atoms with E-state index in [0.29, 0.717) is 54.7 Å². The minimum atomic E-state index is -4.62. The molecular weight excluding hydrogens is 979 g/mol. The van der Waals surface area contributed by atoms with Crippen molar-refractivity contribution in [1.29, 1.82) is 0 Å². The van der Waals surface area contributed by atoms with Gasteiger partial charge in [-0.15, -0.1) is 11.8 Å². The third-order valence-electron chi connectivity index (χ3n) is 13.2. The molecule has 0 aliphatic carbocycles. The number of benzene rings is 5. The van der Waals surface area contributed by atoms with Gasteiger partial charge in [0.25, 0.3) is 10.0 Å². The van der Waals surface area contributed by atoms with Gasteiger partial charge in [0.1, 0.15) is 0 Å². The number of aliphatic hydroxyl groups is 1. The Balaban J connectivity index is 0.917. The number of halogens is 1. The molecule has 2 saturated heterocycles. The van der Waals surface area contributed by atoms with Crippen molar-refractivity contribution in [3.8, 4) is 22.4 Å². The van der Waals surface area contributed by atoms with E-state index in [2.05, 4.69) is 36.9 Å². The van der Waals surface area contributed by atoms with Crippen LogP contribution < -0.4 is 19.8 Å². The number of carbonyl (C=O) groups excluding carboxylic acids is 1. The van der Waals surface area contributed by atoms with Gasteiger partial charge in [-0.2, -0.15) is 0 Å². The number of nitrogens with one attached hydrogen (secondary N) is 2. The Kier molecular flexibility index (Phi) is 16.9. The maximum absolute atomic E-state index is 13.7. The third-order valence-corrected chi connectivity index (χ3v) is 16.5. The van der Waals surface area contributed by atoms with Crippen molar-refractivity contribution in [1.82, 2.24) is 9.47 Å². The highest BCUT2D eigenvalue weighted by molar-refractivity contribution is 7.99. The Bertz CT molecular complexity index is 2940. The van der Waals surface area contributed by atoms with E-state index < -0.39 is 29.9 Å². The summed E-state index contributed by atoms with van der Waals surface area (Å²) in [6, 6.07) is 38.4. The lowest BCUT2D eigenvalue weighted by molar-refractivity contribution is 0.0549. The lowest BCUT2D eigenvalue weighted by Crippen LogP contribution is -2.46. The second-order valence-corrected chi connectivity index (χ2v) is 22.9. The molecular formula is C53H62ClN6O8PS2. The number of ether oxygens (including phenoxy) is 1. The Labute approximate surface area is 426 Å². The van der Waals surface area contributed by atoms with E-state index in [4.69, 9.17) is 16.3 Å². The lowest BCUT2D eigenvalue weighted by Gasteiger charge is -2.37.